The van der Waals surface area contributed by atoms with Crippen LogP contribution >= 0.6 is 0 Å². The fraction of sp³-hybridized carbons (Fsp3) is 0.429. The molecule has 0 radical (unpaired) electrons. The van der Waals surface area contributed by atoms with Gasteiger partial charge in [0.2, 0.25) is 0 Å². The fourth-order valence-electron chi connectivity index (χ4n) is 2.62. The zero-order valence-corrected chi connectivity index (χ0v) is 11.3. The second kappa shape index (κ2) is 4.57. The third-order valence-electron chi connectivity index (χ3n) is 3.75. The second-order valence-corrected chi connectivity index (χ2v) is 5.16. The van der Waals surface area contributed by atoms with E-state index in [-0.39, 0.29) is 5.56 Å². The number of aromatic amines is 1. The van der Waals surface area contributed by atoms with Gasteiger partial charge in [-0.1, -0.05) is 0 Å². The Balaban J connectivity index is 1.88. The normalized spacial score (nSPS) is 14.5. The summed E-state index contributed by atoms with van der Waals surface area (Å²) in [6.45, 7) is 3.80. The van der Waals surface area contributed by atoms with Gasteiger partial charge in [-0.3, -0.25) is 9.89 Å². The van der Waals surface area contributed by atoms with Crippen molar-refractivity contribution in [3.63, 3.8) is 0 Å². The Hall–Kier alpha value is -2.04. The number of H-pyrrole nitrogens is 1. The van der Waals surface area contributed by atoms with Crippen molar-refractivity contribution in [1.29, 1.82) is 0 Å². The molecule has 5 heteroatoms. The van der Waals surface area contributed by atoms with Crippen LogP contribution in [0.25, 0.3) is 0 Å². The van der Waals surface area contributed by atoms with Crippen LogP contribution < -0.4 is 10.5 Å². The van der Waals surface area contributed by atoms with Crippen LogP contribution in [0.15, 0.2) is 23.1 Å². The molecule has 100 valence electrons. The molecule has 2 aromatic heterocycles. The molecule has 0 saturated heterocycles. The van der Waals surface area contributed by atoms with Gasteiger partial charge in [0.25, 0.3) is 5.56 Å². The average Bonchev–Trinajstić information content (AvgIpc) is 2.77. The number of nitrogens with zero attached hydrogens (tertiary/aromatic N) is 3. The Kier molecular flexibility index (Phi) is 2.89. The lowest BCUT2D eigenvalue weighted by Crippen LogP contribution is -2.29. The van der Waals surface area contributed by atoms with Crippen LogP contribution in [0, 0.1) is 6.92 Å². The molecule has 1 aliphatic heterocycles. The molecule has 0 saturated carbocycles. The van der Waals surface area contributed by atoms with Gasteiger partial charge in [-0.05, 0) is 31.4 Å². The Morgan fingerprint density at radius 1 is 1.47 bits per heavy atom. The average molecular weight is 258 g/mol. The minimum atomic E-state index is 0.0351. The van der Waals surface area contributed by atoms with Gasteiger partial charge in [-0.15, -0.1) is 0 Å². The molecule has 3 rings (SSSR count). The quantitative estimate of drug-likeness (QED) is 0.885. The molecule has 0 aliphatic carbocycles. The number of nitrogens with one attached hydrogen (secondary N) is 1. The van der Waals surface area contributed by atoms with E-state index < -0.39 is 0 Å². The maximum Gasteiger partial charge on any atom is 0.250 e. The molecule has 5 nitrogen and oxygen atoms in total. The van der Waals surface area contributed by atoms with Crippen LogP contribution in [0.1, 0.15) is 23.2 Å². The van der Waals surface area contributed by atoms with Crippen molar-refractivity contribution in [2.45, 2.75) is 26.3 Å². The number of pyridine rings is 1. The molecule has 0 aromatic carbocycles. The molecular weight excluding hydrogens is 240 g/mol. The lowest BCUT2D eigenvalue weighted by atomic mass is 10.0. The predicted octanol–water partition coefficient (Wildman–Crippen LogP) is 1.37. The van der Waals surface area contributed by atoms with Crippen molar-refractivity contribution in [2.24, 2.45) is 7.05 Å². The van der Waals surface area contributed by atoms with E-state index in [1.54, 1.807) is 17.7 Å². The number of hydrogen-bond donors (Lipinski definition) is 1. The summed E-state index contributed by atoms with van der Waals surface area (Å²) in [4.78, 5) is 13.9. The highest BCUT2D eigenvalue weighted by atomic mass is 16.1. The Bertz CT molecular complexity index is 656. The van der Waals surface area contributed by atoms with E-state index in [1.807, 2.05) is 12.3 Å². The Labute approximate surface area is 111 Å². The first-order valence-electron chi connectivity index (χ1n) is 6.59. The standard InChI is InChI=1S/C14H18N4O/c1-10-12-4-3-6-18(14(12)16-15-10)9-11-5-7-17(2)13(19)8-11/h5,7-8H,3-4,6,9H2,1-2H3,(H,15,16). The van der Waals surface area contributed by atoms with E-state index in [1.165, 1.54) is 5.56 Å². The minimum absolute atomic E-state index is 0.0351. The van der Waals surface area contributed by atoms with E-state index in [2.05, 4.69) is 22.0 Å². The van der Waals surface area contributed by atoms with Crippen LogP contribution in [-0.2, 0) is 20.0 Å². The van der Waals surface area contributed by atoms with Crippen molar-refractivity contribution in [3.8, 4) is 0 Å². The van der Waals surface area contributed by atoms with Gasteiger partial charge in [0.15, 0.2) is 5.82 Å². The monoisotopic (exact) mass is 258 g/mol. The molecule has 0 fully saturated rings. The van der Waals surface area contributed by atoms with E-state index >= 15 is 0 Å². The summed E-state index contributed by atoms with van der Waals surface area (Å²) in [6.07, 6.45) is 4.04. The molecule has 19 heavy (non-hydrogen) atoms. The topological polar surface area (TPSA) is 53.9 Å². The van der Waals surface area contributed by atoms with Gasteiger partial charge < -0.3 is 9.47 Å². The Morgan fingerprint density at radius 2 is 2.32 bits per heavy atom. The lowest BCUT2D eigenvalue weighted by molar-refractivity contribution is 0.680. The van der Waals surface area contributed by atoms with E-state index in [4.69, 9.17) is 0 Å². The molecule has 1 N–H and O–H groups in total. The van der Waals surface area contributed by atoms with Crippen molar-refractivity contribution in [2.75, 3.05) is 11.4 Å². The smallest absolute Gasteiger partial charge is 0.250 e. The van der Waals surface area contributed by atoms with E-state index in [9.17, 15) is 4.79 Å². The number of rotatable bonds is 2. The summed E-state index contributed by atoms with van der Waals surface area (Å²) < 4.78 is 1.59. The third kappa shape index (κ3) is 2.16. The Morgan fingerprint density at radius 3 is 3.11 bits per heavy atom. The first-order valence-corrected chi connectivity index (χ1v) is 6.59. The van der Waals surface area contributed by atoms with Crippen LogP contribution in [0.3, 0.4) is 0 Å². The van der Waals surface area contributed by atoms with Gasteiger partial charge in [-0.2, -0.15) is 5.10 Å². The van der Waals surface area contributed by atoms with Crippen molar-refractivity contribution in [1.82, 2.24) is 14.8 Å². The summed E-state index contributed by atoms with van der Waals surface area (Å²) in [5, 5.41) is 7.45. The summed E-state index contributed by atoms with van der Waals surface area (Å²) in [6, 6.07) is 3.70. The zero-order valence-electron chi connectivity index (χ0n) is 11.3. The van der Waals surface area contributed by atoms with Gasteiger partial charge in [-0.25, -0.2) is 0 Å². The van der Waals surface area contributed by atoms with Crippen LogP contribution in [0.2, 0.25) is 0 Å². The molecule has 0 spiro atoms. The predicted molar refractivity (Wildman–Crippen MR) is 74.4 cm³/mol. The van der Waals surface area contributed by atoms with E-state index in [0.717, 1.165) is 43.0 Å². The summed E-state index contributed by atoms with van der Waals surface area (Å²) in [7, 11) is 1.77. The summed E-state index contributed by atoms with van der Waals surface area (Å²) in [5.41, 5.74) is 3.54. The third-order valence-corrected chi connectivity index (χ3v) is 3.75. The highest BCUT2D eigenvalue weighted by molar-refractivity contribution is 5.51. The fourth-order valence-corrected chi connectivity index (χ4v) is 2.62. The highest BCUT2D eigenvalue weighted by Gasteiger charge is 2.21. The molecule has 0 unspecified atom stereocenters. The molecule has 3 heterocycles. The zero-order chi connectivity index (χ0) is 13.4. The lowest BCUT2D eigenvalue weighted by Gasteiger charge is -2.27. The maximum absolute atomic E-state index is 11.7. The molecule has 0 amide bonds. The molecular formula is C14H18N4O. The summed E-state index contributed by atoms with van der Waals surface area (Å²) >= 11 is 0. The van der Waals surface area contributed by atoms with Crippen LogP contribution in [0.5, 0.6) is 0 Å². The van der Waals surface area contributed by atoms with Crippen molar-refractivity contribution in [3.05, 3.63) is 45.5 Å². The van der Waals surface area contributed by atoms with Gasteiger partial charge in [0.05, 0.1) is 0 Å². The number of fused-ring (bicyclic) bond motifs is 1. The SMILES string of the molecule is Cc1[nH]nc2c1CCCN2Cc1ccn(C)c(=O)c1. The maximum atomic E-state index is 11.7. The second-order valence-electron chi connectivity index (χ2n) is 5.16. The first-order chi connectivity index (χ1) is 9.15. The molecule has 0 atom stereocenters. The van der Waals surface area contributed by atoms with Crippen molar-refractivity contribution >= 4 is 5.82 Å². The van der Waals surface area contributed by atoms with Gasteiger partial charge in [0, 0.05) is 43.7 Å². The minimum Gasteiger partial charge on any atom is -0.351 e. The number of anilines is 1. The largest absolute Gasteiger partial charge is 0.351 e. The molecule has 2 aromatic rings. The van der Waals surface area contributed by atoms with Gasteiger partial charge in [0.1, 0.15) is 0 Å². The first kappa shape index (κ1) is 12.0. The molecule has 1 aliphatic rings. The number of aromatic nitrogens is 3. The van der Waals surface area contributed by atoms with E-state index in [0.29, 0.717) is 0 Å². The highest BCUT2D eigenvalue weighted by Crippen LogP contribution is 2.27. The summed E-state index contributed by atoms with van der Waals surface area (Å²) in [5.74, 6) is 1.05. The van der Waals surface area contributed by atoms with Crippen molar-refractivity contribution < 1.29 is 0 Å². The molecule has 0 bridgehead atoms. The van der Waals surface area contributed by atoms with Crippen LogP contribution in [0.4, 0.5) is 5.82 Å². The number of aryl methyl sites for hydroxylation is 2. The van der Waals surface area contributed by atoms with Crippen LogP contribution in [-0.4, -0.2) is 21.3 Å². The van der Waals surface area contributed by atoms with Gasteiger partial charge >= 0.3 is 0 Å². The number of hydrogen-bond acceptors (Lipinski definition) is 3.